The predicted molar refractivity (Wildman–Crippen MR) is 107 cm³/mol. The molecule has 1 aliphatic carbocycles. The fourth-order valence-electron chi connectivity index (χ4n) is 2.65. The summed E-state index contributed by atoms with van der Waals surface area (Å²) in [7, 11) is 1.66. The molecule has 142 valence electrons. The molecule has 6 nitrogen and oxygen atoms in total. The Morgan fingerprint density at radius 2 is 1.75 bits per heavy atom. The lowest BCUT2D eigenvalue weighted by molar-refractivity contribution is -0.112. The summed E-state index contributed by atoms with van der Waals surface area (Å²) < 4.78 is 0. The number of aliphatic hydroxyl groups is 1. The van der Waals surface area contributed by atoms with Crippen molar-refractivity contribution in [1.29, 1.82) is 5.26 Å². The van der Waals surface area contributed by atoms with Gasteiger partial charge in [-0.05, 0) is 61.4 Å². The van der Waals surface area contributed by atoms with Gasteiger partial charge in [0, 0.05) is 34.9 Å². The molecule has 2 aromatic rings. The van der Waals surface area contributed by atoms with Crippen LogP contribution >= 0.6 is 11.6 Å². The Balaban J connectivity index is 1.70. The first-order valence-electron chi connectivity index (χ1n) is 8.69. The number of carbonyl (C=O) groups excluding carboxylic acids is 2. The molecule has 28 heavy (non-hydrogen) atoms. The van der Waals surface area contributed by atoms with Gasteiger partial charge in [0.15, 0.2) is 5.57 Å². The molecule has 0 bridgehead atoms. The molecule has 0 aromatic heterocycles. The molecular weight excluding hydrogens is 378 g/mol. The Labute approximate surface area is 167 Å². The number of allylic oxidation sites excluding steroid dienone is 1. The van der Waals surface area contributed by atoms with E-state index in [2.05, 4.69) is 5.32 Å². The molecule has 0 heterocycles. The quantitative estimate of drug-likeness (QED) is 0.448. The van der Waals surface area contributed by atoms with Crippen molar-refractivity contribution in [1.82, 2.24) is 0 Å². The van der Waals surface area contributed by atoms with Gasteiger partial charge in [0.1, 0.15) is 11.8 Å². The van der Waals surface area contributed by atoms with Crippen molar-refractivity contribution in [3.05, 3.63) is 70.4 Å². The molecule has 0 unspecified atom stereocenters. The fourth-order valence-corrected chi connectivity index (χ4v) is 2.78. The topological polar surface area (TPSA) is 93.4 Å². The maximum atomic E-state index is 12.6. The Hall–Kier alpha value is -3.30. The Morgan fingerprint density at radius 1 is 1.14 bits per heavy atom. The highest BCUT2D eigenvalue weighted by Gasteiger charge is 2.30. The number of nitrogens with one attached hydrogen (secondary N) is 1. The number of hydrogen-bond acceptors (Lipinski definition) is 4. The summed E-state index contributed by atoms with van der Waals surface area (Å²) in [5, 5.41) is 22.2. The van der Waals surface area contributed by atoms with Crippen LogP contribution in [0, 0.1) is 17.2 Å². The first kappa shape index (κ1) is 19.5. The van der Waals surface area contributed by atoms with E-state index in [0.717, 1.165) is 12.8 Å². The van der Waals surface area contributed by atoms with E-state index < -0.39 is 5.91 Å². The van der Waals surface area contributed by atoms with Crippen molar-refractivity contribution in [3.8, 4) is 6.07 Å². The van der Waals surface area contributed by atoms with E-state index in [9.17, 15) is 14.7 Å². The van der Waals surface area contributed by atoms with Crippen LogP contribution in [0.1, 0.15) is 23.2 Å². The second-order valence-electron chi connectivity index (χ2n) is 6.52. The number of halogens is 1. The molecule has 3 rings (SSSR count). The number of anilines is 2. The predicted octanol–water partition coefficient (Wildman–Crippen LogP) is 4.30. The summed E-state index contributed by atoms with van der Waals surface area (Å²) in [4.78, 5) is 26.3. The van der Waals surface area contributed by atoms with Crippen molar-refractivity contribution in [2.45, 2.75) is 12.8 Å². The van der Waals surface area contributed by atoms with Crippen LogP contribution in [0.4, 0.5) is 11.4 Å². The molecule has 1 saturated carbocycles. The summed E-state index contributed by atoms with van der Waals surface area (Å²) in [5.74, 6) is -1.13. The van der Waals surface area contributed by atoms with Crippen molar-refractivity contribution in [2.24, 2.45) is 5.92 Å². The number of amides is 2. The number of benzene rings is 2. The van der Waals surface area contributed by atoms with Gasteiger partial charge in [-0.3, -0.25) is 9.59 Å². The number of hydrogen-bond donors (Lipinski definition) is 2. The summed E-state index contributed by atoms with van der Waals surface area (Å²) in [6.07, 6.45) is 1.56. The molecule has 0 spiro atoms. The molecule has 0 radical (unpaired) electrons. The van der Waals surface area contributed by atoms with Gasteiger partial charge >= 0.3 is 0 Å². The zero-order valence-electron chi connectivity index (χ0n) is 15.1. The maximum Gasteiger partial charge on any atom is 0.269 e. The lowest BCUT2D eigenvalue weighted by atomic mass is 10.1. The Bertz CT molecular complexity index is 971. The van der Waals surface area contributed by atoms with Gasteiger partial charge in [-0.2, -0.15) is 5.26 Å². The van der Waals surface area contributed by atoms with Crippen LogP contribution in [-0.4, -0.2) is 24.0 Å². The average molecular weight is 396 g/mol. The fraction of sp³-hybridized carbons (Fsp3) is 0.190. The molecule has 0 aliphatic heterocycles. The Morgan fingerprint density at radius 3 is 2.29 bits per heavy atom. The van der Waals surface area contributed by atoms with E-state index in [4.69, 9.17) is 16.9 Å². The van der Waals surface area contributed by atoms with E-state index in [0.29, 0.717) is 22.0 Å². The van der Waals surface area contributed by atoms with Gasteiger partial charge < -0.3 is 15.3 Å². The van der Waals surface area contributed by atoms with Gasteiger partial charge in [0.2, 0.25) is 0 Å². The van der Waals surface area contributed by atoms with Crippen LogP contribution in [0.3, 0.4) is 0 Å². The second-order valence-corrected chi connectivity index (χ2v) is 6.95. The van der Waals surface area contributed by atoms with Gasteiger partial charge in [-0.15, -0.1) is 0 Å². The zero-order chi connectivity index (χ0) is 20.3. The van der Waals surface area contributed by atoms with Crippen LogP contribution in [0.5, 0.6) is 0 Å². The third-order valence-corrected chi connectivity index (χ3v) is 4.72. The highest BCUT2D eigenvalue weighted by Crippen LogP contribution is 2.36. The number of rotatable bonds is 5. The van der Waals surface area contributed by atoms with E-state index in [-0.39, 0.29) is 23.2 Å². The number of nitriles is 1. The van der Waals surface area contributed by atoms with Crippen LogP contribution < -0.4 is 10.2 Å². The first-order valence-corrected chi connectivity index (χ1v) is 9.06. The lowest BCUT2D eigenvalue weighted by Crippen LogP contribution is -2.26. The molecule has 7 heteroatoms. The third-order valence-electron chi connectivity index (χ3n) is 4.47. The van der Waals surface area contributed by atoms with E-state index >= 15 is 0 Å². The second kappa shape index (κ2) is 8.15. The highest BCUT2D eigenvalue weighted by atomic mass is 35.5. The largest absolute Gasteiger partial charge is 0.510 e. The summed E-state index contributed by atoms with van der Waals surface area (Å²) in [6.45, 7) is 0. The van der Waals surface area contributed by atoms with E-state index in [1.807, 2.05) is 0 Å². The third kappa shape index (κ3) is 4.33. The monoisotopic (exact) mass is 395 g/mol. The smallest absolute Gasteiger partial charge is 0.269 e. The summed E-state index contributed by atoms with van der Waals surface area (Å²) >= 11 is 5.87. The normalized spacial score (nSPS) is 13.9. The van der Waals surface area contributed by atoms with E-state index in [1.165, 1.54) is 4.90 Å². The molecular formula is C21H18ClN3O3. The van der Waals surface area contributed by atoms with Crippen molar-refractivity contribution < 1.29 is 14.7 Å². The minimum atomic E-state index is -0.663. The van der Waals surface area contributed by atoms with Gasteiger partial charge in [-0.1, -0.05) is 11.6 Å². The van der Waals surface area contributed by atoms with Crippen molar-refractivity contribution >= 4 is 34.8 Å². The maximum absolute atomic E-state index is 12.6. The summed E-state index contributed by atoms with van der Waals surface area (Å²) in [6, 6.07) is 15.0. The molecule has 1 fully saturated rings. The zero-order valence-corrected chi connectivity index (χ0v) is 15.9. The van der Waals surface area contributed by atoms with Crippen molar-refractivity contribution in [2.75, 3.05) is 17.3 Å². The molecule has 1 aliphatic rings. The van der Waals surface area contributed by atoms with Crippen LogP contribution in [-0.2, 0) is 4.79 Å². The van der Waals surface area contributed by atoms with Gasteiger partial charge in [0.25, 0.3) is 11.8 Å². The first-order chi connectivity index (χ1) is 13.4. The standard InChI is InChI=1S/C21H18ClN3O3/c1-25(17-10-6-15(22)7-11-17)21(28)14-4-8-16(9-5-14)24-20(27)18(12-23)19(26)13-2-3-13/h4-11,13,26H,2-3H2,1H3,(H,24,27). The molecule has 2 amide bonds. The minimum Gasteiger partial charge on any atom is -0.510 e. The summed E-state index contributed by atoms with van der Waals surface area (Å²) in [5.41, 5.74) is 1.29. The number of nitrogens with zero attached hydrogens (tertiary/aromatic N) is 2. The molecule has 2 N–H and O–H groups in total. The van der Waals surface area contributed by atoms with Gasteiger partial charge in [-0.25, -0.2) is 0 Å². The molecule has 2 aromatic carbocycles. The molecule has 0 saturated heterocycles. The average Bonchev–Trinajstić information content (AvgIpc) is 3.54. The Kier molecular flexibility index (Phi) is 5.67. The SMILES string of the molecule is CN(C(=O)c1ccc(NC(=O)C(C#N)=C(O)C2CC2)cc1)c1ccc(Cl)cc1. The van der Waals surface area contributed by atoms with E-state index in [1.54, 1.807) is 61.6 Å². The highest BCUT2D eigenvalue weighted by molar-refractivity contribution is 6.30. The minimum absolute atomic E-state index is 0.0937. The van der Waals surface area contributed by atoms with Crippen LogP contribution in [0.2, 0.25) is 5.02 Å². The lowest BCUT2D eigenvalue weighted by Gasteiger charge is -2.17. The van der Waals surface area contributed by atoms with Crippen molar-refractivity contribution in [3.63, 3.8) is 0 Å². The molecule has 0 atom stereocenters. The van der Waals surface area contributed by atoms with Crippen LogP contribution in [0.15, 0.2) is 59.9 Å². The van der Waals surface area contributed by atoms with Crippen LogP contribution in [0.25, 0.3) is 0 Å². The van der Waals surface area contributed by atoms with Gasteiger partial charge in [0.05, 0.1) is 0 Å². The number of carbonyl (C=O) groups is 2. The number of aliphatic hydroxyl groups excluding tert-OH is 1.